The number of rotatable bonds is 2. The molecule has 2 rings (SSSR count). The molecule has 0 radical (unpaired) electrons. The molecule has 1 aromatic carbocycles. The highest BCUT2D eigenvalue weighted by atomic mass is 16.2. The van der Waals surface area contributed by atoms with Gasteiger partial charge >= 0.3 is 0 Å². The molecule has 0 N–H and O–H groups in total. The number of ketones is 2. The van der Waals surface area contributed by atoms with E-state index in [1.54, 1.807) is 0 Å². The topological polar surface area (TPSA) is 116 Å². The number of allylic oxidation sites excluding steroid dienone is 2. The van der Waals surface area contributed by atoms with Gasteiger partial charge in [0.05, 0.1) is 5.57 Å². The number of carbonyl (C=O) groups excluding carboxylic acids is 4. The van der Waals surface area contributed by atoms with Crippen LogP contribution in [0.2, 0.25) is 0 Å². The molecule has 0 aromatic heterocycles. The van der Waals surface area contributed by atoms with Gasteiger partial charge in [0.15, 0.2) is 24.1 Å². The van der Waals surface area contributed by atoms with Crippen LogP contribution in [0.15, 0.2) is 23.3 Å². The number of nitrogens with zero attached hydrogens (tertiary/aromatic N) is 2. The van der Waals surface area contributed by atoms with Crippen molar-refractivity contribution in [3.63, 3.8) is 0 Å². The zero-order valence-electron chi connectivity index (χ0n) is 9.84. The molecule has 0 bridgehead atoms. The van der Waals surface area contributed by atoms with Crippen LogP contribution in [0, 0.1) is 22.7 Å². The normalized spacial score (nSPS) is 12.4. The third-order valence-corrected chi connectivity index (χ3v) is 2.89. The van der Waals surface area contributed by atoms with E-state index < -0.39 is 22.7 Å². The number of hydrogen-bond acceptors (Lipinski definition) is 6. The molecular weight excluding hydrogens is 260 g/mol. The van der Waals surface area contributed by atoms with E-state index in [0.717, 1.165) is 12.1 Å². The van der Waals surface area contributed by atoms with Crippen LogP contribution in [0.4, 0.5) is 0 Å². The third-order valence-electron chi connectivity index (χ3n) is 2.89. The second-order valence-electron chi connectivity index (χ2n) is 3.89. The average Bonchev–Trinajstić information content (AvgIpc) is 2.71. The minimum atomic E-state index is -0.788. The van der Waals surface area contributed by atoms with Gasteiger partial charge in [-0.2, -0.15) is 10.5 Å². The molecule has 0 atom stereocenters. The van der Waals surface area contributed by atoms with Crippen molar-refractivity contribution < 1.29 is 19.2 Å². The monoisotopic (exact) mass is 264 g/mol. The molecule has 0 fully saturated rings. The zero-order chi connectivity index (χ0) is 14.9. The lowest BCUT2D eigenvalue weighted by atomic mass is 10.0. The van der Waals surface area contributed by atoms with Crippen molar-refractivity contribution in [3.8, 4) is 12.1 Å². The minimum absolute atomic E-state index is 0.0309. The highest BCUT2D eigenvalue weighted by Crippen LogP contribution is 2.30. The molecule has 1 aliphatic rings. The number of benzene rings is 1. The summed E-state index contributed by atoms with van der Waals surface area (Å²) >= 11 is 0. The van der Waals surface area contributed by atoms with Gasteiger partial charge in [-0.15, -0.1) is 0 Å². The Morgan fingerprint density at radius 3 is 1.60 bits per heavy atom. The van der Waals surface area contributed by atoms with Gasteiger partial charge in [-0.05, 0) is 12.1 Å². The molecular formula is C14H4N2O4. The molecule has 20 heavy (non-hydrogen) atoms. The van der Waals surface area contributed by atoms with Crippen LogP contribution in [-0.4, -0.2) is 24.1 Å². The Bertz CT molecular complexity index is 739. The summed E-state index contributed by atoms with van der Waals surface area (Å²) < 4.78 is 0. The second-order valence-corrected chi connectivity index (χ2v) is 3.89. The molecule has 0 aliphatic heterocycles. The zero-order valence-corrected chi connectivity index (χ0v) is 9.84. The summed E-state index contributed by atoms with van der Waals surface area (Å²) in [6.45, 7) is 0. The Kier molecular flexibility index (Phi) is 3.08. The lowest BCUT2D eigenvalue weighted by Gasteiger charge is -2.00. The summed E-state index contributed by atoms with van der Waals surface area (Å²) in [7, 11) is 0. The first kappa shape index (κ1) is 13.1. The fourth-order valence-corrected chi connectivity index (χ4v) is 1.95. The van der Waals surface area contributed by atoms with Crippen LogP contribution in [-0.2, 0) is 0 Å². The van der Waals surface area contributed by atoms with Crippen LogP contribution >= 0.6 is 0 Å². The summed E-state index contributed by atoms with van der Waals surface area (Å²) in [6.07, 6.45) is 0.776. The molecule has 6 heteroatoms. The number of nitriles is 2. The molecule has 1 aliphatic carbocycles. The van der Waals surface area contributed by atoms with Gasteiger partial charge in [-0.1, -0.05) is 0 Å². The Hall–Kier alpha value is -3.38. The maximum atomic E-state index is 12.0. The van der Waals surface area contributed by atoms with Crippen molar-refractivity contribution in [2.45, 2.75) is 0 Å². The SMILES string of the molecule is N#CC(C#N)=C1C(=O)c2cc(C=O)c(C=O)cc2C1=O. The molecule has 1 aromatic rings. The van der Waals surface area contributed by atoms with Crippen LogP contribution < -0.4 is 0 Å². The van der Waals surface area contributed by atoms with Crippen molar-refractivity contribution in [3.05, 3.63) is 45.5 Å². The highest BCUT2D eigenvalue weighted by Gasteiger charge is 2.36. The Balaban J connectivity index is 2.81. The Morgan fingerprint density at radius 2 is 1.30 bits per heavy atom. The van der Waals surface area contributed by atoms with Gasteiger partial charge in [0.2, 0.25) is 0 Å². The van der Waals surface area contributed by atoms with Gasteiger partial charge in [0.25, 0.3) is 0 Å². The molecule has 94 valence electrons. The standard InChI is InChI=1S/C14H4N2O4/c15-3-9(4-16)12-13(19)10-1-7(5-17)8(6-18)2-11(10)14(12)20/h1-2,5-6H. The second kappa shape index (κ2) is 4.71. The number of carbonyl (C=O) groups is 4. The maximum absolute atomic E-state index is 12.0. The molecule has 6 nitrogen and oxygen atoms in total. The number of fused-ring (bicyclic) bond motifs is 1. The summed E-state index contributed by atoms with van der Waals surface area (Å²) in [5.74, 6) is -1.58. The van der Waals surface area contributed by atoms with Gasteiger partial charge in [-0.3, -0.25) is 19.2 Å². The summed E-state index contributed by atoms with van der Waals surface area (Å²) in [5, 5.41) is 17.5. The fourth-order valence-electron chi connectivity index (χ4n) is 1.95. The molecule has 0 saturated carbocycles. The quantitative estimate of drug-likeness (QED) is 0.341. The Labute approximate surface area is 112 Å². The highest BCUT2D eigenvalue weighted by molar-refractivity contribution is 6.40. The van der Waals surface area contributed by atoms with Crippen molar-refractivity contribution >= 4 is 24.1 Å². The number of aldehydes is 2. The van der Waals surface area contributed by atoms with E-state index >= 15 is 0 Å². The van der Waals surface area contributed by atoms with E-state index in [2.05, 4.69) is 0 Å². The first-order valence-corrected chi connectivity index (χ1v) is 5.31. The number of Topliss-reactive ketones (excluding diaryl/α,β-unsaturated/α-hetero) is 2. The summed E-state index contributed by atoms with van der Waals surface area (Å²) in [4.78, 5) is 45.8. The first-order chi connectivity index (χ1) is 9.58. The minimum Gasteiger partial charge on any atom is -0.298 e. The predicted octanol–water partition coefficient (Wildman–Crippen LogP) is 1.03. The Morgan fingerprint density at radius 1 is 0.900 bits per heavy atom. The van der Waals surface area contributed by atoms with Crippen molar-refractivity contribution in [1.29, 1.82) is 10.5 Å². The van der Waals surface area contributed by atoms with Gasteiger partial charge < -0.3 is 0 Å². The van der Waals surface area contributed by atoms with Crippen LogP contribution in [0.3, 0.4) is 0 Å². The molecule has 0 amide bonds. The largest absolute Gasteiger partial charge is 0.298 e. The predicted molar refractivity (Wildman–Crippen MR) is 64.1 cm³/mol. The van der Waals surface area contributed by atoms with Gasteiger partial charge in [0.1, 0.15) is 17.7 Å². The molecule has 0 unspecified atom stereocenters. The molecule has 0 heterocycles. The van der Waals surface area contributed by atoms with Gasteiger partial charge in [0, 0.05) is 22.3 Å². The lowest BCUT2D eigenvalue weighted by Crippen LogP contribution is -2.03. The van der Waals surface area contributed by atoms with Crippen LogP contribution in [0.25, 0.3) is 0 Å². The molecule has 0 spiro atoms. The smallest absolute Gasteiger partial charge is 0.199 e. The third kappa shape index (κ3) is 1.64. The summed E-state index contributed by atoms with van der Waals surface area (Å²) in [6, 6.07) is 5.20. The fraction of sp³-hybridized carbons (Fsp3) is 0. The van der Waals surface area contributed by atoms with Gasteiger partial charge in [-0.25, -0.2) is 0 Å². The average molecular weight is 264 g/mol. The summed E-state index contributed by atoms with van der Waals surface area (Å²) in [5.41, 5.74) is -1.34. The van der Waals surface area contributed by atoms with E-state index in [4.69, 9.17) is 10.5 Å². The van der Waals surface area contributed by atoms with E-state index in [9.17, 15) is 19.2 Å². The van der Waals surface area contributed by atoms with Crippen molar-refractivity contribution in [2.75, 3.05) is 0 Å². The lowest BCUT2D eigenvalue weighted by molar-refractivity contribution is 0.0987. The molecule has 0 saturated heterocycles. The van der Waals surface area contributed by atoms with Crippen molar-refractivity contribution in [2.24, 2.45) is 0 Å². The van der Waals surface area contributed by atoms with E-state index in [1.807, 2.05) is 0 Å². The maximum Gasteiger partial charge on any atom is 0.199 e. The number of hydrogen-bond donors (Lipinski definition) is 0. The van der Waals surface area contributed by atoms with Crippen LogP contribution in [0.5, 0.6) is 0 Å². The van der Waals surface area contributed by atoms with E-state index in [-0.39, 0.29) is 22.3 Å². The van der Waals surface area contributed by atoms with Crippen molar-refractivity contribution in [1.82, 2.24) is 0 Å². The first-order valence-electron chi connectivity index (χ1n) is 5.31. The van der Waals surface area contributed by atoms with Crippen LogP contribution in [0.1, 0.15) is 41.4 Å². The van der Waals surface area contributed by atoms with E-state index in [1.165, 1.54) is 12.1 Å². The van der Waals surface area contributed by atoms with E-state index in [0.29, 0.717) is 12.6 Å².